The van der Waals surface area contributed by atoms with Gasteiger partial charge in [-0.2, -0.15) is 0 Å². The van der Waals surface area contributed by atoms with Crippen LogP contribution in [0.4, 0.5) is 5.69 Å². The quantitative estimate of drug-likeness (QED) is 0.708. The van der Waals surface area contributed by atoms with Crippen LogP contribution in [0, 0.1) is 0 Å². The van der Waals surface area contributed by atoms with Gasteiger partial charge in [0.2, 0.25) is 5.91 Å². The highest BCUT2D eigenvalue weighted by Crippen LogP contribution is 2.26. The molecule has 0 saturated heterocycles. The second kappa shape index (κ2) is 7.72. The van der Waals surface area contributed by atoms with Gasteiger partial charge in [0.05, 0.1) is 32.6 Å². The van der Waals surface area contributed by atoms with E-state index in [9.17, 15) is 9.59 Å². The molecule has 0 aliphatic rings. The van der Waals surface area contributed by atoms with Gasteiger partial charge in [-0.25, -0.2) is 4.98 Å². The Bertz CT molecular complexity index is 974. The first-order chi connectivity index (χ1) is 12.0. The maximum atomic E-state index is 12.1. The van der Waals surface area contributed by atoms with Crippen molar-refractivity contribution in [3.63, 3.8) is 0 Å². The number of thioether (sulfide) groups is 1. The Morgan fingerprint density at radius 2 is 1.96 bits per heavy atom. The predicted octanol–water partition coefficient (Wildman–Crippen LogP) is 4.01. The molecule has 0 spiro atoms. The highest BCUT2D eigenvalue weighted by molar-refractivity contribution is 8.00. The molecule has 1 heterocycles. The van der Waals surface area contributed by atoms with E-state index in [2.05, 4.69) is 15.3 Å². The number of carbonyl (C=O) groups is 1. The summed E-state index contributed by atoms with van der Waals surface area (Å²) in [7, 11) is 0. The Kier molecular flexibility index (Phi) is 5.40. The van der Waals surface area contributed by atoms with Gasteiger partial charge in [-0.05, 0) is 31.2 Å². The van der Waals surface area contributed by atoms with Gasteiger partial charge in [-0.1, -0.05) is 35.9 Å². The van der Waals surface area contributed by atoms with Crippen LogP contribution in [0.1, 0.15) is 18.0 Å². The topological polar surface area (TPSA) is 74.8 Å². The van der Waals surface area contributed by atoms with Crippen molar-refractivity contribution in [2.24, 2.45) is 0 Å². The Morgan fingerprint density at radius 3 is 2.76 bits per heavy atom. The van der Waals surface area contributed by atoms with Gasteiger partial charge in [0, 0.05) is 0 Å². The SMILES string of the molecule is CC(SCC(=O)Nc1ccccc1Cl)c1nc2ccccc2c(=O)[nH]1. The van der Waals surface area contributed by atoms with Crippen LogP contribution in [0.2, 0.25) is 5.02 Å². The van der Waals surface area contributed by atoms with Gasteiger partial charge in [0.15, 0.2) is 0 Å². The van der Waals surface area contributed by atoms with Gasteiger partial charge in [-0.3, -0.25) is 9.59 Å². The van der Waals surface area contributed by atoms with Crippen molar-refractivity contribution < 1.29 is 4.79 Å². The third-order valence-corrected chi connectivity index (χ3v) is 5.11. The monoisotopic (exact) mass is 373 g/mol. The number of aromatic nitrogens is 2. The molecule has 0 bridgehead atoms. The number of benzene rings is 2. The highest BCUT2D eigenvalue weighted by atomic mass is 35.5. The first-order valence-corrected chi connectivity index (χ1v) is 9.12. The number of nitrogens with zero attached hydrogens (tertiary/aromatic N) is 1. The van der Waals surface area contributed by atoms with Crippen LogP contribution in [-0.4, -0.2) is 21.6 Å². The fourth-order valence-corrected chi connectivity index (χ4v) is 3.25. The largest absolute Gasteiger partial charge is 0.324 e. The number of aromatic amines is 1. The summed E-state index contributed by atoms with van der Waals surface area (Å²) in [5.74, 6) is 0.621. The first-order valence-electron chi connectivity index (χ1n) is 7.69. The van der Waals surface area contributed by atoms with Crippen LogP contribution in [0.25, 0.3) is 10.9 Å². The number of anilines is 1. The van der Waals surface area contributed by atoms with Crippen molar-refractivity contribution in [1.82, 2.24) is 9.97 Å². The van der Waals surface area contributed by atoms with E-state index < -0.39 is 0 Å². The lowest BCUT2D eigenvalue weighted by Gasteiger charge is -2.12. The fraction of sp³-hybridized carbons (Fsp3) is 0.167. The van der Waals surface area contributed by atoms with E-state index in [0.717, 1.165) is 0 Å². The highest BCUT2D eigenvalue weighted by Gasteiger charge is 2.14. The Hall–Kier alpha value is -2.31. The lowest BCUT2D eigenvalue weighted by atomic mass is 10.2. The van der Waals surface area contributed by atoms with Crippen LogP contribution < -0.4 is 10.9 Å². The molecule has 2 N–H and O–H groups in total. The zero-order chi connectivity index (χ0) is 17.8. The molecule has 0 aliphatic carbocycles. The molecule has 1 atom stereocenters. The zero-order valence-corrected chi connectivity index (χ0v) is 15.0. The second-order valence-corrected chi connectivity index (χ2v) is 7.19. The molecule has 7 heteroatoms. The molecular weight excluding hydrogens is 358 g/mol. The summed E-state index contributed by atoms with van der Waals surface area (Å²) in [6.45, 7) is 1.90. The molecule has 1 unspecified atom stereocenters. The van der Waals surface area contributed by atoms with Crippen LogP contribution in [0.15, 0.2) is 53.3 Å². The van der Waals surface area contributed by atoms with E-state index in [1.807, 2.05) is 13.0 Å². The molecule has 0 saturated carbocycles. The first kappa shape index (κ1) is 17.5. The number of nitrogens with one attached hydrogen (secondary N) is 2. The van der Waals surface area contributed by atoms with Gasteiger partial charge < -0.3 is 10.3 Å². The third-order valence-electron chi connectivity index (χ3n) is 3.63. The summed E-state index contributed by atoms with van der Waals surface area (Å²) in [5.41, 5.74) is 1.06. The molecule has 3 rings (SSSR count). The van der Waals surface area contributed by atoms with Crippen molar-refractivity contribution in [3.05, 3.63) is 69.7 Å². The van der Waals surface area contributed by atoms with E-state index in [1.54, 1.807) is 42.5 Å². The number of H-pyrrole nitrogens is 1. The minimum absolute atomic E-state index is 0.130. The zero-order valence-electron chi connectivity index (χ0n) is 13.5. The van der Waals surface area contributed by atoms with Gasteiger partial charge in [-0.15, -0.1) is 11.8 Å². The van der Waals surface area contributed by atoms with Crippen LogP contribution in [0.5, 0.6) is 0 Å². The molecule has 1 amide bonds. The lowest BCUT2D eigenvalue weighted by molar-refractivity contribution is -0.113. The standard InChI is InChI=1S/C18H16ClN3O2S/c1-11(17-21-14-8-4-2-6-12(14)18(24)22-17)25-10-16(23)20-15-9-5-3-7-13(15)19/h2-9,11H,10H2,1H3,(H,20,23)(H,21,22,24). The fourth-order valence-electron chi connectivity index (χ4n) is 2.33. The van der Waals surface area contributed by atoms with Gasteiger partial charge >= 0.3 is 0 Å². The minimum atomic E-state index is -0.173. The molecular formula is C18H16ClN3O2S. The summed E-state index contributed by atoms with van der Waals surface area (Å²) in [6, 6.07) is 14.3. The number of carbonyl (C=O) groups excluding carboxylic acids is 1. The van der Waals surface area contributed by atoms with E-state index in [1.165, 1.54) is 11.8 Å². The van der Waals surface area contributed by atoms with Crippen molar-refractivity contribution in [1.29, 1.82) is 0 Å². The number of rotatable bonds is 5. The van der Waals surface area contributed by atoms with E-state index in [-0.39, 0.29) is 22.5 Å². The predicted molar refractivity (Wildman–Crippen MR) is 103 cm³/mol. The molecule has 3 aromatic rings. The smallest absolute Gasteiger partial charge is 0.258 e. The number of hydrogen-bond acceptors (Lipinski definition) is 4. The maximum Gasteiger partial charge on any atom is 0.258 e. The van der Waals surface area contributed by atoms with E-state index in [0.29, 0.717) is 27.4 Å². The Labute approximate surface area is 153 Å². The number of amides is 1. The summed E-state index contributed by atoms with van der Waals surface area (Å²) in [6.07, 6.45) is 0. The number of fused-ring (bicyclic) bond motifs is 1. The Balaban J connectivity index is 1.66. The van der Waals surface area contributed by atoms with Gasteiger partial charge in [0.1, 0.15) is 5.82 Å². The number of para-hydroxylation sites is 2. The third kappa shape index (κ3) is 4.21. The number of hydrogen-bond donors (Lipinski definition) is 2. The number of halogens is 1. The molecule has 128 valence electrons. The summed E-state index contributed by atoms with van der Waals surface area (Å²) in [4.78, 5) is 31.5. The Morgan fingerprint density at radius 1 is 1.24 bits per heavy atom. The molecule has 0 fully saturated rings. The van der Waals surface area contributed by atoms with Crippen LogP contribution in [0.3, 0.4) is 0 Å². The minimum Gasteiger partial charge on any atom is -0.324 e. The van der Waals surface area contributed by atoms with Crippen molar-refractivity contribution in [2.75, 3.05) is 11.1 Å². The average molecular weight is 374 g/mol. The van der Waals surface area contributed by atoms with Crippen LogP contribution >= 0.6 is 23.4 Å². The molecule has 0 aliphatic heterocycles. The molecule has 1 aromatic heterocycles. The van der Waals surface area contributed by atoms with Crippen molar-refractivity contribution >= 4 is 45.9 Å². The van der Waals surface area contributed by atoms with Crippen molar-refractivity contribution in [2.45, 2.75) is 12.2 Å². The molecule has 2 aromatic carbocycles. The summed E-state index contributed by atoms with van der Waals surface area (Å²) < 4.78 is 0. The van der Waals surface area contributed by atoms with E-state index >= 15 is 0 Å². The second-order valence-electron chi connectivity index (χ2n) is 5.45. The average Bonchev–Trinajstić information content (AvgIpc) is 2.61. The molecule has 25 heavy (non-hydrogen) atoms. The summed E-state index contributed by atoms with van der Waals surface area (Å²) in [5, 5.41) is 3.69. The van der Waals surface area contributed by atoms with E-state index in [4.69, 9.17) is 11.6 Å². The van der Waals surface area contributed by atoms with Gasteiger partial charge in [0.25, 0.3) is 5.56 Å². The normalized spacial score (nSPS) is 12.1. The van der Waals surface area contributed by atoms with Crippen molar-refractivity contribution in [3.8, 4) is 0 Å². The lowest BCUT2D eigenvalue weighted by Crippen LogP contribution is -2.16. The maximum absolute atomic E-state index is 12.1. The summed E-state index contributed by atoms with van der Waals surface area (Å²) >= 11 is 7.42. The van der Waals surface area contributed by atoms with Crippen LogP contribution in [-0.2, 0) is 4.79 Å². The molecule has 0 radical (unpaired) electrons. The molecule has 5 nitrogen and oxygen atoms in total.